The number of hydrogen-bond donors (Lipinski definition) is 2. The lowest BCUT2D eigenvalue weighted by Crippen LogP contribution is -2.40. The van der Waals surface area contributed by atoms with E-state index in [2.05, 4.69) is 5.32 Å². The number of nitrogens with one attached hydrogen (secondary N) is 1. The fourth-order valence-corrected chi connectivity index (χ4v) is 2.63. The van der Waals surface area contributed by atoms with Crippen LogP contribution in [0.3, 0.4) is 0 Å². The van der Waals surface area contributed by atoms with E-state index in [9.17, 15) is 9.90 Å². The topological polar surface area (TPSA) is 52.6 Å². The molecular weight excluding hydrogens is 240 g/mol. The van der Waals surface area contributed by atoms with Crippen molar-refractivity contribution in [3.8, 4) is 5.75 Å². The van der Waals surface area contributed by atoms with Gasteiger partial charge in [0.05, 0.1) is 5.56 Å². The number of likely N-dealkylation sites (tertiary alicyclic amines) is 1. The van der Waals surface area contributed by atoms with Gasteiger partial charge in [0.25, 0.3) is 5.91 Å². The van der Waals surface area contributed by atoms with E-state index in [1.807, 2.05) is 31.0 Å². The summed E-state index contributed by atoms with van der Waals surface area (Å²) in [4.78, 5) is 14.2. The number of para-hydroxylation sites is 1. The van der Waals surface area contributed by atoms with Crippen molar-refractivity contribution in [2.45, 2.75) is 19.8 Å². The van der Waals surface area contributed by atoms with Crippen LogP contribution in [0, 0.1) is 12.8 Å². The molecule has 2 rings (SSSR count). The molecule has 1 amide bonds. The minimum Gasteiger partial charge on any atom is -0.507 e. The summed E-state index contributed by atoms with van der Waals surface area (Å²) in [6.45, 7) is 4.38. The molecule has 0 radical (unpaired) electrons. The standard InChI is InChI=1S/C15H22N2O2/c1-11-4-3-5-13(14(11)18)15(19)17-8-6-12(7-9-17)10-16-2/h3-5,12,16,18H,6-10H2,1-2H3. The van der Waals surface area contributed by atoms with Crippen molar-refractivity contribution in [3.63, 3.8) is 0 Å². The second-order valence-electron chi connectivity index (χ2n) is 5.26. The number of carbonyl (C=O) groups excluding carboxylic acids is 1. The van der Waals surface area contributed by atoms with Crippen LogP contribution in [0.1, 0.15) is 28.8 Å². The number of nitrogens with zero attached hydrogens (tertiary/aromatic N) is 1. The number of hydrogen-bond acceptors (Lipinski definition) is 3. The number of rotatable bonds is 3. The first kappa shape index (κ1) is 13.9. The Bertz CT molecular complexity index is 451. The van der Waals surface area contributed by atoms with Crippen LogP contribution in [0.25, 0.3) is 0 Å². The molecule has 1 heterocycles. The average molecular weight is 262 g/mol. The van der Waals surface area contributed by atoms with Gasteiger partial charge in [0.15, 0.2) is 0 Å². The van der Waals surface area contributed by atoms with E-state index in [0.29, 0.717) is 11.5 Å². The molecule has 0 aliphatic carbocycles. The normalized spacial score (nSPS) is 16.6. The summed E-state index contributed by atoms with van der Waals surface area (Å²) in [6.07, 6.45) is 2.05. The van der Waals surface area contributed by atoms with Crippen molar-refractivity contribution in [1.82, 2.24) is 10.2 Å². The first-order chi connectivity index (χ1) is 9.13. The van der Waals surface area contributed by atoms with Gasteiger partial charge in [-0.05, 0) is 50.9 Å². The molecule has 0 saturated carbocycles. The summed E-state index contributed by atoms with van der Waals surface area (Å²) >= 11 is 0. The fraction of sp³-hybridized carbons (Fsp3) is 0.533. The Labute approximate surface area is 114 Å². The number of phenolic OH excluding ortho intramolecular Hbond substituents is 1. The minimum atomic E-state index is -0.0518. The van der Waals surface area contributed by atoms with Gasteiger partial charge in [-0.15, -0.1) is 0 Å². The molecule has 4 heteroatoms. The van der Waals surface area contributed by atoms with Crippen molar-refractivity contribution in [3.05, 3.63) is 29.3 Å². The Hall–Kier alpha value is -1.55. The zero-order valence-electron chi connectivity index (χ0n) is 11.6. The summed E-state index contributed by atoms with van der Waals surface area (Å²) in [6, 6.07) is 5.33. The smallest absolute Gasteiger partial charge is 0.257 e. The lowest BCUT2D eigenvalue weighted by molar-refractivity contribution is 0.0687. The number of benzene rings is 1. The first-order valence-corrected chi connectivity index (χ1v) is 6.86. The molecule has 19 heavy (non-hydrogen) atoms. The van der Waals surface area contributed by atoms with E-state index in [4.69, 9.17) is 0 Å². The zero-order valence-corrected chi connectivity index (χ0v) is 11.6. The highest BCUT2D eigenvalue weighted by Crippen LogP contribution is 2.25. The predicted molar refractivity (Wildman–Crippen MR) is 75.4 cm³/mol. The third-order valence-corrected chi connectivity index (χ3v) is 3.86. The third kappa shape index (κ3) is 3.07. The van der Waals surface area contributed by atoms with Crippen LogP contribution in [0.5, 0.6) is 5.75 Å². The van der Waals surface area contributed by atoms with E-state index < -0.39 is 0 Å². The largest absolute Gasteiger partial charge is 0.507 e. The second kappa shape index (κ2) is 6.06. The van der Waals surface area contributed by atoms with Crippen molar-refractivity contribution >= 4 is 5.91 Å². The van der Waals surface area contributed by atoms with Gasteiger partial charge >= 0.3 is 0 Å². The van der Waals surface area contributed by atoms with Crippen LogP contribution in [-0.4, -0.2) is 42.6 Å². The molecule has 2 N–H and O–H groups in total. The van der Waals surface area contributed by atoms with E-state index in [1.165, 1.54) is 0 Å². The van der Waals surface area contributed by atoms with Gasteiger partial charge < -0.3 is 15.3 Å². The van der Waals surface area contributed by atoms with Crippen LogP contribution in [0.4, 0.5) is 0 Å². The van der Waals surface area contributed by atoms with Gasteiger partial charge in [-0.25, -0.2) is 0 Å². The monoisotopic (exact) mass is 262 g/mol. The Balaban J connectivity index is 2.03. The Morgan fingerprint density at radius 2 is 2.11 bits per heavy atom. The molecule has 1 aliphatic rings. The predicted octanol–water partition coefficient (Wildman–Crippen LogP) is 1.77. The van der Waals surface area contributed by atoms with Crippen LogP contribution in [0.2, 0.25) is 0 Å². The summed E-state index contributed by atoms with van der Waals surface area (Å²) < 4.78 is 0. The fourth-order valence-electron chi connectivity index (χ4n) is 2.63. The number of piperidine rings is 1. The molecule has 0 unspecified atom stereocenters. The minimum absolute atomic E-state index is 0.0518. The summed E-state index contributed by atoms with van der Waals surface area (Å²) in [7, 11) is 1.96. The van der Waals surface area contributed by atoms with Crippen molar-refractivity contribution in [1.29, 1.82) is 0 Å². The van der Waals surface area contributed by atoms with Gasteiger partial charge in [0.1, 0.15) is 5.75 Å². The summed E-state index contributed by atoms with van der Waals surface area (Å²) in [5.74, 6) is 0.717. The lowest BCUT2D eigenvalue weighted by atomic mass is 9.96. The molecule has 4 nitrogen and oxygen atoms in total. The number of amides is 1. The maximum atomic E-state index is 12.4. The molecule has 0 spiro atoms. The highest BCUT2D eigenvalue weighted by atomic mass is 16.3. The Morgan fingerprint density at radius 3 is 2.74 bits per heavy atom. The van der Waals surface area contributed by atoms with Gasteiger partial charge in [0, 0.05) is 13.1 Å². The maximum Gasteiger partial charge on any atom is 0.257 e. The van der Waals surface area contributed by atoms with Crippen molar-refractivity contribution in [2.75, 3.05) is 26.7 Å². The van der Waals surface area contributed by atoms with Crippen LogP contribution in [0.15, 0.2) is 18.2 Å². The lowest BCUT2D eigenvalue weighted by Gasteiger charge is -2.32. The Kier molecular flexibility index (Phi) is 4.43. The molecule has 1 aromatic carbocycles. The summed E-state index contributed by atoms with van der Waals surface area (Å²) in [5.41, 5.74) is 1.17. The molecule has 0 bridgehead atoms. The number of aromatic hydroxyl groups is 1. The van der Waals surface area contributed by atoms with Crippen LogP contribution >= 0.6 is 0 Å². The number of phenols is 1. The molecule has 0 aromatic heterocycles. The maximum absolute atomic E-state index is 12.4. The van der Waals surface area contributed by atoms with E-state index in [1.54, 1.807) is 6.07 Å². The van der Waals surface area contributed by atoms with Crippen LogP contribution < -0.4 is 5.32 Å². The van der Waals surface area contributed by atoms with Crippen molar-refractivity contribution < 1.29 is 9.90 Å². The summed E-state index contributed by atoms with van der Waals surface area (Å²) in [5, 5.41) is 13.2. The second-order valence-corrected chi connectivity index (χ2v) is 5.26. The first-order valence-electron chi connectivity index (χ1n) is 6.86. The highest BCUT2D eigenvalue weighted by Gasteiger charge is 2.24. The average Bonchev–Trinajstić information content (AvgIpc) is 2.42. The molecule has 0 atom stereocenters. The van der Waals surface area contributed by atoms with E-state index in [0.717, 1.165) is 38.0 Å². The zero-order chi connectivity index (χ0) is 13.8. The molecule has 1 fully saturated rings. The highest BCUT2D eigenvalue weighted by molar-refractivity contribution is 5.97. The third-order valence-electron chi connectivity index (χ3n) is 3.86. The van der Waals surface area contributed by atoms with Gasteiger partial charge in [-0.2, -0.15) is 0 Å². The molecule has 1 aromatic rings. The molecular formula is C15H22N2O2. The molecule has 1 saturated heterocycles. The van der Waals surface area contributed by atoms with Crippen molar-refractivity contribution in [2.24, 2.45) is 5.92 Å². The molecule has 104 valence electrons. The van der Waals surface area contributed by atoms with Crippen LogP contribution in [-0.2, 0) is 0 Å². The van der Waals surface area contributed by atoms with E-state index >= 15 is 0 Å². The van der Waals surface area contributed by atoms with Gasteiger partial charge in [-0.1, -0.05) is 12.1 Å². The number of aryl methyl sites for hydroxylation is 1. The molecule has 1 aliphatic heterocycles. The van der Waals surface area contributed by atoms with E-state index in [-0.39, 0.29) is 11.7 Å². The number of carbonyl (C=O) groups is 1. The Morgan fingerprint density at radius 1 is 1.42 bits per heavy atom. The SMILES string of the molecule is CNCC1CCN(C(=O)c2cccc(C)c2O)CC1. The van der Waals surface area contributed by atoms with Gasteiger partial charge in [0.2, 0.25) is 0 Å². The van der Waals surface area contributed by atoms with Gasteiger partial charge in [-0.3, -0.25) is 4.79 Å². The quantitative estimate of drug-likeness (QED) is 0.873.